The van der Waals surface area contributed by atoms with Gasteiger partial charge in [-0.05, 0) is 20.8 Å². The monoisotopic (exact) mass is 204 g/mol. The highest BCUT2D eigenvalue weighted by Crippen LogP contribution is 1.99. The van der Waals surface area contributed by atoms with Gasteiger partial charge in [-0.1, -0.05) is 0 Å². The Morgan fingerprint density at radius 2 is 1.86 bits per heavy atom. The molecule has 0 aromatic carbocycles. The van der Waals surface area contributed by atoms with Gasteiger partial charge in [0.25, 0.3) is 0 Å². The van der Waals surface area contributed by atoms with Crippen LogP contribution in [0.3, 0.4) is 0 Å². The van der Waals surface area contributed by atoms with Crippen molar-refractivity contribution in [1.82, 2.24) is 0 Å². The zero-order valence-corrected chi connectivity index (χ0v) is 8.65. The zero-order chi connectivity index (χ0) is 11.1. The van der Waals surface area contributed by atoms with E-state index < -0.39 is 18.2 Å². The molecule has 0 aliphatic heterocycles. The molecule has 0 amide bonds. The Kier molecular flexibility index (Phi) is 6.07. The van der Waals surface area contributed by atoms with Crippen LogP contribution in [0.25, 0.3) is 0 Å². The Morgan fingerprint density at radius 1 is 1.29 bits per heavy atom. The molecule has 0 spiro atoms. The van der Waals surface area contributed by atoms with Crippen molar-refractivity contribution in [2.45, 2.75) is 33.0 Å². The number of hydrogen-bond acceptors (Lipinski definition) is 5. The van der Waals surface area contributed by atoms with E-state index in [0.717, 1.165) is 0 Å². The second kappa shape index (κ2) is 6.50. The van der Waals surface area contributed by atoms with Crippen molar-refractivity contribution in [2.24, 2.45) is 0 Å². The average molecular weight is 204 g/mol. The maximum atomic E-state index is 11.2. The molecule has 14 heavy (non-hydrogen) atoms. The highest BCUT2D eigenvalue weighted by molar-refractivity contribution is 5.84. The van der Waals surface area contributed by atoms with Crippen LogP contribution in [0.2, 0.25) is 0 Å². The smallest absolute Gasteiger partial charge is 0.335 e. The molecule has 0 radical (unpaired) electrons. The van der Waals surface area contributed by atoms with E-state index in [4.69, 9.17) is 14.6 Å². The van der Waals surface area contributed by atoms with E-state index >= 15 is 0 Å². The third-order valence-corrected chi connectivity index (χ3v) is 1.66. The molecule has 2 unspecified atom stereocenters. The average Bonchev–Trinajstić information content (AvgIpc) is 2.13. The molecular formula is C9H16O5. The van der Waals surface area contributed by atoms with E-state index in [1.54, 1.807) is 0 Å². The molecule has 1 N–H and O–H groups in total. The Labute approximate surface area is 83.0 Å². The van der Waals surface area contributed by atoms with Gasteiger partial charge < -0.3 is 14.6 Å². The Balaban J connectivity index is 3.88. The van der Waals surface area contributed by atoms with E-state index in [2.05, 4.69) is 0 Å². The molecule has 0 bridgehead atoms. The second-order valence-electron chi connectivity index (χ2n) is 2.93. The molecule has 0 saturated carbocycles. The maximum absolute atomic E-state index is 11.2. The molecule has 5 heteroatoms. The summed E-state index contributed by atoms with van der Waals surface area (Å²) in [6.45, 7) is 4.27. The number of carbonyl (C=O) groups excluding carboxylic acids is 2. The predicted octanol–water partition coefficient (Wildman–Crippen LogP) is -0.0955. The molecule has 0 fully saturated rings. The Morgan fingerprint density at radius 3 is 2.29 bits per heavy atom. The number of aliphatic hydroxyl groups excluding tert-OH is 1. The summed E-state index contributed by atoms with van der Waals surface area (Å²) in [5, 5.41) is 8.44. The van der Waals surface area contributed by atoms with E-state index in [9.17, 15) is 9.59 Å². The van der Waals surface area contributed by atoms with E-state index in [0.29, 0.717) is 0 Å². The minimum Gasteiger partial charge on any atom is -0.453 e. The number of ether oxygens (including phenoxy) is 2. The lowest BCUT2D eigenvalue weighted by Gasteiger charge is -2.14. The zero-order valence-electron chi connectivity index (χ0n) is 8.65. The van der Waals surface area contributed by atoms with Crippen molar-refractivity contribution in [1.29, 1.82) is 0 Å². The summed E-state index contributed by atoms with van der Waals surface area (Å²) < 4.78 is 9.67. The summed E-state index contributed by atoms with van der Waals surface area (Å²) in [4.78, 5) is 21.9. The van der Waals surface area contributed by atoms with E-state index in [-0.39, 0.29) is 19.0 Å². The van der Waals surface area contributed by atoms with Gasteiger partial charge >= 0.3 is 5.97 Å². The number of aliphatic hydroxyl groups is 1. The molecule has 82 valence electrons. The van der Waals surface area contributed by atoms with Crippen LogP contribution in [0.4, 0.5) is 0 Å². The fourth-order valence-corrected chi connectivity index (χ4v) is 0.651. The van der Waals surface area contributed by atoms with Gasteiger partial charge in [-0.25, -0.2) is 4.79 Å². The van der Waals surface area contributed by atoms with E-state index in [1.165, 1.54) is 20.8 Å². The van der Waals surface area contributed by atoms with Crippen LogP contribution < -0.4 is 0 Å². The summed E-state index contributed by atoms with van der Waals surface area (Å²) in [6, 6.07) is 0. The first-order valence-electron chi connectivity index (χ1n) is 4.42. The second-order valence-corrected chi connectivity index (χ2v) is 2.93. The first kappa shape index (κ1) is 13.1. The molecule has 0 aromatic heterocycles. The van der Waals surface area contributed by atoms with Gasteiger partial charge in [-0.2, -0.15) is 0 Å². The highest BCUT2D eigenvalue weighted by Gasteiger charge is 2.19. The van der Waals surface area contributed by atoms with Crippen molar-refractivity contribution >= 4 is 11.8 Å². The summed E-state index contributed by atoms with van der Waals surface area (Å²) >= 11 is 0. The molecular weight excluding hydrogens is 188 g/mol. The highest BCUT2D eigenvalue weighted by atomic mass is 16.6. The molecule has 0 rings (SSSR count). The molecule has 0 aliphatic carbocycles. The van der Waals surface area contributed by atoms with Crippen molar-refractivity contribution in [2.75, 3.05) is 13.2 Å². The van der Waals surface area contributed by atoms with Crippen molar-refractivity contribution < 1.29 is 24.2 Å². The molecule has 0 saturated heterocycles. The number of rotatable bonds is 6. The fourth-order valence-electron chi connectivity index (χ4n) is 0.651. The quantitative estimate of drug-likeness (QED) is 0.612. The Hall–Kier alpha value is -0.940. The number of hydrogen-bond donors (Lipinski definition) is 1. The third-order valence-electron chi connectivity index (χ3n) is 1.66. The van der Waals surface area contributed by atoms with Gasteiger partial charge in [0, 0.05) is 0 Å². The number of carbonyl (C=O) groups is 2. The van der Waals surface area contributed by atoms with Crippen LogP contribution in [0.1, 0.15) is 20.8 Å². The number of esters is 1. The van der Waals surface area contributed by atoms with Crippen molar-refractivity contribution in [3.63, 3.8) is 0 Å². The van der Waals surface area contributed by atoms with Gasteiger partial charge in [0.2, 0.25) is 0 Å². The van der Waals surface area contributed by atoms with Gasteiger partial charge in [0.15, 0.2) is 18.0 Å². The fraction of sp³-hybridized carbons (Fsp3) is 0.778. The lowest BCUT2D eigenvalue weighted by atomic mass is 10.3. The standard InChI is InChI=1S/C9H16O5/c1-6(11)7(2)14-9(12)8(3)13-5-4-10/h7-8,10H,4-5H2,1-3H3. The summed E-state index contributed by atoms with van der Waals surface area (Å²) in [7, 11) is 0. The Bertz CT molecular complexity index is 201. The minimum atomic E-state index is -0.760. The minimum absolute atomic E-state index is 0.0741. The number of Topliss-reactive ketones (excluding diaryl/α,β-unsaturated/α-hetero) is 1. The van der Waals surface area contributed by atoms with Crippen LogP contribution in [0.5, 0.6) is 0 Å². The van der Waals surface area contributed by atoms with Gasteiger partial charge in [0.1, 0.15) is 0 Å². The van der Waals surface area contributed by atoms with Crippen LogP contribution >= 0.6 is 0 Å². The SMILES string of the molecule is CC(=O)C(C)OC(=O)C(C)OCCO. The molecule has 0 heterocycles. The van der Waals surface area contributed by atoms with Crippen molar-refractivity contribution in [3.05, 3.63) is 0 Å². The molecule has 5 nitrogen and oxygen atoms in total. The number of ketones is 1. The normalized spacial score (nSPS) is 14.6. The largest absolute Gasteiger partial charge is 0.453 e. The maximum Gasteiger partial charge on any atom is 0.335 e. The first-order valence-corrected chi connectivity index (χ1v) is 4.42. The molecule has 2 atom stereocenters. The summed E-state index contributed by atoms with van der Waals surface area (Å²) in [6.07, 6.45) is -1.51. The van der Waals surface area contributed by atoms with Gasteiger partial charge in [0.05, 0.1) is 13.2 Å². The van der Waals surface area contributed by atoms with Crippen LogP contribution in [-0.2, 0) is 19.1 Å². The van der Waals surface area contributed by atoms with Gasteiger partial charge in [-0.15, -0.1) is 0 Å². The van der Waals surface area contributed by atoms with Crippen LogP contribution in [0, 0.1) is 0 Å². The first-order chi connectivity index (χ1) is 6.49. The molecule has 0 aromatic rings. The van der Waals surface area contributed by atoms with Crippen molar-refractivity contribution in [3.8, 4) is 0 Å². The predicted molar refractivity (Wildman–Crippen MR) is 48.7 cm³/mol. The third kappa shape index (κ3) is 4.94. The van der Waals surface area contributed by atoms with Crippen LogP contribution in [-0.4, -0.2) is 42.3 Å². The topological polar surface area (TPSA) is 72.8 Å². The van der Waals surface area contributed by atoms with E-state index in [1.807, 2.05) is 0 Å². The summed E-state index contributed by atoms with van der Waals surface area (Å²) in [5.41, 5.74) is 0. The summed E-state index contributed by atoms with van der Waals surface area (Å²) in [5.74, 6) is -0.811. The van der Waals surface area contributed by atoms with Gasteiger partial charge in [-0.3, -0.25) is 4.79 Å². The molecule has 0 aliphatic rings. The lowest BCUT2D eigenvalue weighted by molar-refractivity contribution is -0.164. The lowest BCUT2D eigenvalue weighted by Crippen LogP contribution is -2.30. The van der Waals surface area contributed by atoms with Crippen LogP contribution in [0.15, 0.2) is 0 Å².